The largest absolute Gasteiger partial charge is 0.336 e. The molecule has 2 amide bonds. The first-order valence-corrected chi connectivity index (χ1v) is 9.87. The number of nitrogens with zero attached hydrogens (tertiary/aromatic N) is 1. The third kappa shape index (κ3) is 3.21. The first kappa shape index (κ1) is 17.7. The Morgan fingerprint density at radius 1 is 1.28 bits per heavy atom. The molecule has 1 aromatic rings. The Bertz CT molecular complexity index is 815. The average Bonchev–Trinajstić information content (AvgIpc) is 3.01. The third-order valence-electron chi connectivity index (χ3n) is 4.70. The molecule has 0 atom stereocenters. The maximum atomic E-state index is 12.4. The van der Waals surface area contributed by atoms with Crippen LogP contribution in [0.2, 0.25) is 0 Å². The van der Waals surface area contributed by atoms with E-state index in [1.165, 1.54) is 12.2 Å². The molecule has 3 rings (SSSR count). The Morgan fingerprint density at radius 2 is 1.96 bits per heavy atom. The van der Waals surface area contributed by atoms with E-state index in [0.717, 1.165) is 24.0 Å². The first-order valence-electron chi connectivity index (χ1n) is 8.37. The lowest BCUT2D eigenvalue weighted by Crippen LogP contribution is -2.47. The van der Waals surface area contributed by atoms with E-state index in [1.807, 2.05) is 24.3 Å². The molecular formula is C18H22N2O4S. The van der Waals surface area contributed by atoms with E-state index in [1.54, 1.807) is 17.1 Å². The van der Waals surface area contributed by atoms with E-state index < -0.39 is 20.9 Å². The molecule has 2 aliphatic rings. The molecule has 1 aliphatic heterocycles. The molecule has 6 nitrogen and oxygen atoms in total. The van der Waals surface area contributed by atoms with Crippen LogP contribution >= 0.6 is 0 Å². The molecule has 0 saturated carbocycles. The van der Waals surface area contributed by atoms with E-state index in [4.69, 9.17) is 0 Å². The summed E-state index contributed by atoms with van der Waals surface area (Å²) in [4.78, 5) is 14.1. The number of rotatable bonds is 5. The summed E-state index contributed by atoms with van der Waals surface area (Å²) < 4.78 is 32.2. The van der Waals surface area contributed by atoms with Gasteiger partial charge in [0, 0.05) is 13.1 Å². The number of urea groups is 1. The fourth-order valence-corrected chi connectivity index (χ4v) is 4.08. The number of carbonyl (C=O) groups excluding carboxylic acids is 1. The highest BCUT2D eigenvalue weighted by atomic mass is 32.2. The molecule has 2 N–H and O–H groups in total. The van der Waals surface area contributed by atoms with Crippen molar-refractivity contribution in [2.75, 3.05) is 13.1 Å². The maximum absolute atomic E-state index is 12.4. The number of amides is 2. The van der Waals surface area contributed by atoms with Crippen molar-refractivity contribution in [3.05, 3.63) is 59.7 Å². The highest BCUT2D eigenvalue weighted by molar-refractivity contribution is 7.86. The van der Waals surface area contributed by atoms with Gasteiger partial charge >= 0.3 is 6.03 Å². The predicted octanol–water partition coefficient (Wildman–Crippen LogP) is 2.24. The van der Waals surface area contributed by atoms with E-state index in [-0.39, 0.29) is 6.03 Å². The highest BCUT2D eigenvalue weighted by Crippen LogP contribution is 2.38. The minimum absolute atomic E-state index is 0.189. The van der Waals surface area contributed by atoms with Crippen molar-refractivity contribution in [3.8, 4) is 0 Å². The average molecular weight is 362 g/mol. The Morgan fingerprint density at radius 3 is 2.52 bits per heavy atom. The lowest BCUT2D eigenvalue weighted by molar-refractivity contribution is 0.187. The van der Waals surface area contributed by atoms with Crippen molar-refractivity contribution in [1.29, 1.82) is 0 Å². The Hall–Kier alpha value is -2.12. The smallest absolute Gasteiger partial charge is 0.318 e. The second-order valence-electron chi connectivity index (χ2n) is 6.31. The van der Waals surface area contributed by atoms with Crippen LogP contribution in [-0.2, 0) is 22.1 Å². The zero-order valence-electron chi connectivity index (χ0n) is 14.1. The summed E-state index contributed by atoms with van der Waals surface area (Å²) in [6.07, 6.45) is 8.14. The van der Waals surface area contributed by atoms with E-state index in [2.05, 4.69) is 12.2 Å². The van der Waals surface area contributed by atoms with Crippen LogP contribution in [0.15, 0.2) is 48.6 Å². The van der Waals surface area contributed by atoms with Crippen molar-refractivity contribution in [1.82, 2.24) is 10.2 Å². The molecule has 1 saturated heterocycles. The van der Waals surface area contributed by atoms with Crippen molar-refractivity contribution in [2.24, 2.45) is 0 Å². The van der Waals surface area contributed by atoms with Gasteiger partial charge in [-0.1, -0.05) is 61.9 Å². The number of carbonyl (C=O) groups is 1. The second kappa shape index (κ2) is 6.65. The summed E-state index contributed by atoms with van der Waals surface area (Å²) in [6, 6.07) is 7.69. The SMILES string of the molecule is CCCc1ccccc1C1(N2CCNC2=O)C=CC(S(=O)(=O)O)C=C1. The minimum atomic E-state index is -4.21. The molecule has 25 heavy (non-hydrogen) atoms. The summed E-state index contributed by atoms with van der Waals surface area (Å²) in [7, 11) is -4.21. The topological polar surface area (TPSA) is 86.7 Å². The lowest BCUT2D eigenvalue weighted by atomic mass is 9.81. The van der Waals surface area contributed by atoms with Gasteiger partial charge in [-0.15, -0.1) is 0 Å². The van der Waals surface area contributed by atoms with Gasteiger partial charge < -0.3 is 10.2 Å². The summed E-state index contributed by atoms with van der Waals surface area (Å²) in [5, 5.41) is 1.71. The van der Waals surface area contributed by atoms with Gasteiger partial charge in [0.1, 0.15) is 10.8 Å². The van der Waals surface area contributed by atoms with Gasteiger partial charge in [0.2, 0.25) is 0 Å². The number of benzene rings is 1. The molecule has 1 heterocycles. The van der Waals surface area contributed by atoms with Gasteiger partial charge in [0.25, 0.3) is 10.1 Å². The predicted molar refractivity (Wildman–Crippen MR) is 95.8 cm³/mol. The van der Waals surface area contributed by atoms with Crippen LogP contribution in [0.4, 0.5) is 4.79 Å². The Kier molecular flexibility index (Phi) is 4.71. The molecule has 0 aromatic heterocycles. The van der Waals surface area contributed by atoms with Gasteiger partial charge in [-0.25, -0.2) is 4.79 Å². The van der Waals surface area contributed by atoms with Crippen molar-refractivity contribution >= 4 is 16.1 Å². The zero-order valence-corrected chi connectivity index (χ0v) is 14.9. The number of nitrogens with one attached hydrogen (secondary N) is 1. The summed E-state index contributed by atoms with van der Waals surface area (Å²) in [5.74, 6) is 0. The molecule has 1 fully saturated rings. The molecule has 0 radical (unpaired) electrons. The fraction of sp³-hybridized carbons (Fsp3) is 0.389. The lowest BCUT2D eigenvalue weighted by Gasteiger charge is -2.40. The van der Waals surface area contributed by atoms with Crippen LogP contribution in [0.5, 0.6) is 0 Å². The number of hydrogen-bond donors (Lipinski definition) is 2. The van der Waals surface area contributed by atoms with Gasteiger partial charge in [0.15, 0.2) is 0 Å². The van der Waals surface area contributed by atoms with Crippen LogP contribution < -0.4 is 5.32 Å². The Labute approximate surface area is 148 Å². The molecule has 7 heteroatoms. The van der Waals surface area contributed by atoms with E-state index in [0.29, 0.717) is 13.1 Å². The molecule has 0 bridgehead atoms. The van der Waals surface area contributed by atoms with Crippen molar-refractivity contribution < 1.29 is 17.8 Å². The van der Waals surface area contributed by atoms with Gasteiger partial charge in [-0.05, 0) is 17.5 Å². The number of hydrogen-bond acceptors (Lipinski definition) is 3. The standard InChI is InChI=1S/C18H22N2O4S/c1-2-5-14-6-3-4-7-16(14)18(20-13-12-19-17(20)21)10-8-15(9-11-18)25(22,23)24/h3-4,6-11,15H,2,5,12-13H2,1H3,(H,19,21)(H,22,23,24). The normalized spacial score (nSPS) is 26.1. The van der Waals surface area contributed by atoms with Crippen molar-refractivity contribution in [3.63, 3.8) is 0 Å². The van der Waals surface area contributed by atoms with Gasteiger partial charge in [-0.2, -0.15) is 8.42 Å². The quantitative estimate of drug-likeness (QED) is 0.621. The summed E-state index contributed by atoms with van der Waals surface area (Å²) >= 11 is 0. The first-order chi connectivity index (χ1) is 11.9. The monoisotopic (exact) mass is 362 g/mol. The fourth-order valence-electron chi connectivity index (χ4n) is 3.53. The molecule has 0 unspecified atom stereocenters. The van der Waals surface area contributed by atoms with Gasteiger partial charge in [0.05, 0.1) is 0 Å². The van der Waals surface area contributed by atoms with E-state index >= 15 is 0 Å². The second-order valence-corrected chi connectivity index (χ2v) is 7.89. The third-order valence-corrected chi connectivity index (χ3v) is 5.70. The van der Waals surface area contributed by atoms with Gasteiger partial charge in [-0.3, -0.25) is 4.55 Å². The summed E-state index contributed by atoms with van der Waals surface area (Å²) in [6.45, 7) is 3.15. The molecule has 1 aromatic carbocycles. The molecule has 134 valence electrons. The molecular weight excluding hydrogens is 340 g/mol. The van der Waals surface area contributed by atoms with Crippen molar-refractivity contribution in [2.45, 2.75) is 30.6 Å². The molecule has 0 spiro atoms. The number of aryl methyl sites for hydroxylation is 1. The van der Waals surface area contributed by atoms with Crippen LogP contribution in [0.25, 0.3) is 0 Å². The molecule has 1 aliphatic carbocycles. The maximum Gasteiger partial charge on any atom is 0.318 e. The highest BCUT2D eigenvalue weighted by Gasteiger charge is 2.42. The zero-order chi connectivity index (χ0) is 18.1. The Balaban J connectivity index is 2.13. The van der Waals surface area contributed by atoms with Crippen LogP contribution in [0.3, 0.4) is 0 Å². The summed E-state index contributed by atoms with van der Waals surface area (Å²) in [5.41, 5.74) is 1.22. The van der Waals surface area contributed by atoms with Crippen LogP contribution in [0, 0.1) is 0 Å². The van der Waals surface area contributed by atoms with Crippen LogP contribution in [-0.4, -0.2) is 42.2 Å². The van der Waals surface area contributed by atoms with Crippen LogP contribution in [0.1, 0.15) is 24.5 Å². The van der Waals surface area contributed by atoms with E-state index in [9.17, 15) is 17.8 Å². The minimum Gasteiger partial charge on any atom is -0.336 e.